The van der Waals surface area contributed by atoms with Crippen LogP contribution in [0.4, 0.5) is 0 Å². The van der Waals surface area contributed by atoms with Gasteiger partial charge in [0.15, 0.2) is 5.78 Å². The van der Waals surface area contributed by atoms with Gasteiger partial charge in [0.2, 0.25) is 0 Å². The molecular formula is C16H17NO. The fraction of sp³-hybridized carbons (Fsp3) is 0.375. The van der Waals surface area contributed by atoms with E-state index in [9.17, 15) is 4.79 Å². The van der Waals surface area contributed by atoms with Crippen LogP contribution in [0.15, 0.2) is 36.9 Å². The quantitative estimate of drug-likeness (QED) is 0.756. The smallest absolute Gasteiger partial charge is 0.158 e. The number of rotatable bonds is 3. The number of benzene rings is 1. The number of nitrogens with zero attached hydrogens (tertiary/aromatic N) is 1. The molecule has 0 amide bonds. The maximum atomic E-state index is 11.5. The second-order valence-electron chi connectivity index (χ2n) is 4.89. The van der Waals surface area contributed by atoms with E-state index in [4.69, 9.17) is 5.26 Å². The van der Waals surface area contributed by atoms with E-state index in [1.807, 2.05) is 24.3 Å². The van der Waals surface area contributed by atoms with E-state index in [0.717, 1.165) is 25.7 Å². The van der Waals surface area contributed by atoms with Gasteiger partial charge in [-0.15, -0.1) is 0 Å². The number of carbonyl (C=O) groups is 1. The molecule has 2 heteroatoms. The maximum Gasteiger partial charge on any atom is 0.158 e. The summed E-state index contributed by atoms with van der Waals surface area (Å²) >= 11 is 0. The molecule has 0 spiro atoms. The van der Waals surface area contributed by atoms with Crippen LogP contribution < -0.4 is 0 Å². The largest absolute Gasteiger partial charge is 0.295 e. The Balaban J connectivity index is 1.99. The number of nitriles is 1. The third-order valence-corrected chi connectivity index (χ3v) is 3.84. The minimum atomic E-state index is 0.178. The van der Waals surface area contributed by atoms with Gasteiger partial charge in [-0.05, 0) is 55.4 Å². The molecule has 0 N–H and O–H groups in total. The van der Waals surface area contributed by atoms with Crippen LogP contribution in [-0.2, 0) is 4.79 Å². The van der Waals surface area contributed by atoms with E-state index in [0.29, 0.717) is 11.5 Å². The van der Waals surface area contributed by atoms with Gasteiger partial charge in [-0.1, -0.05) is 18.7 Å². The summed E-state index contributed by atoms with van der Waals surface area (Å²) in [7, 11) is 0. The first kappa shape index (κ1) is 12.6. The van der Waals surface area contributed by atoms with Gasteiger partial charge in [-0.3, -0.25) is 4.79 Å². The molecule has 2 rings (SSSR count). The molecule has 1 fully saturated rings. The van der Waals surface area contributed by atoms with Gasteiger partial charge in [-0.25, -0.2) is 0 Å². The molecule has 1 aliphatic carbocycles. The Kier molecular flexibility index (Phi) is 3.94. The van der Waals surface area contributed by atoms with Crippen molar-refractivity contribution in [3.63, 3.8) is 0 Å². The highest BCUT2D eigenvalue weighted by atomic mass is 16.1. The number of hydrogen-bond acceptors (Lipinski definition) is 2. The van der Waals surface area contributed by atoms with Gasteiger partial charge in [0.1, 0.15) is 0 Å². The lowest BCUT2D eigenvalue weighted by Crippen LogP contribution is -2.19. The van der Waals surface area contributed by atoms with Crippen molar-refractivity contribution in [2.45, 2.75) is 31.6 Å². The number of carbonyl (C=O) groups excluding carboxylic acids is 1. The summed E-state index contributed by atoms with van der Waals surface area (Å²) in [5.74, 6) is 0.900. The molecule has 1 aromatic rings. The molecule has 0 atom stereocenters. The summed E-state index contributed by atoms with van der Waals surface area (Å²) in [6.45, 7) is 3.55. The zero-order valence-electron chi connectivity index (χ0n) is 10.4. The van der Waals surface area contributed by atoms with Gasteiger partial charge >= 0.3 is 0 Å². The molecule has 0 radical (unpaired) electrons. The molecule has 1 aromatic carbocycles. The number of ketones is 1. The Hall–Kier alpha value is -1.88. The minimum Gasteiger partial charge on any atom is -0.295 e. The summed E-state index contributed by atoms with van der Waals surface area (Å²) in [6, 6.07) is 9.95. The molecule has 1 saturated carbocycles. The molecule has 0 unspecified atom stereocenters. The first-order valence-electron chi connectivity index (χ1n) is 6.41. The molecule has 92 valence electrons. The van der Waals surface area contributed by atoms with E-state index in [1.54, 1.807) is 0 Å². The van der Waals surface area contributed by atoms with Crippen molar-refractivity contribution in [2.24, 2.45) is 5.92 Å². The second kappa shape index (κ2) is 5.64. The zero-order valence-corrected chi connectivity index (χ0v) is 10.4. The van der Waals surface area contributed by atoms with E-state index >= 15 is 0 Å². The molecule has 1 aliphatic rings. The van der Waals surface area contributed by atoms with Gasteiger partial charge in [-0.2, -0.15) is 5.26 Å². The average molecular weight is 239 g/mol. The monoisotopic (exact) mass is 239 g/mol. The first-order chi connectivity index (χ1) is 8.74. The molecule has 0 heterocycles. The normalized spacial score (nSPS) is 23.1. The Morgan fingerprint density at radius 3 is 2.33 bits per heavy atom. The SMILES string of the molecule is C=CC(=O)C1CCC(c2ccc(C#N)cc2)CC1. The number of allylic oxidation sites excluding steroid dienone is 1. The van der Waals surface area contributed by atoms with Crippen LogP contribution in [0.5, 0.6) is 0 Å². The summed E-state index contributed by atoms with van der Waals surface area (Å²) in [5, 5.41) is 8.76. The molecule has 0 saturated heterocycles. The van der Waals surface area contributed by atoms with Gasteiger partial charge in [0.05, 0.1) is 11.6 Å². The van der Waals surface area contributed by atoms with Gasteiger partial charge < -0.3 is 0 Å². The Labute approximate surface area is 108 Å². The summed E-state index contributed by atoms with van der Waals surface area (Å²) in [4.78, 5) is 11.5. The van der Waals surface area contributed by atoms with Crippen LogP contribution in [-0.4, -0.2) is 5.78 Å². The van der Waals surface area contributed by atoms with Gasteiger partial charge in [0.25, 0.3) is 0 Å². The molecule has 0 aromatic heterocycles. The van der Waals surface area contributed by atoms with Crippen molar-refractivity contribution in [3.8, 4) is 6.07 Å². The lowest BCUT2D eigenvalue weighted by Gasteiger charge is -2.27. The van der Waals surface area contributed by atoms with E-state index in [-0.39, 0.29) is 11.7 Å². The second-order valence-corrected chi connectivity index (χ2v) is 4.89. The standard InChI is InChI=1S/C16H17NO/c1-2-16(18)15-9-7-14(8-10-15)13-5-3-12(11-17)4-6-13/h2-6,14-15H,1,7-10H2. The molecule has 0 bridgehead atoms. The maximum absolute atomic E-state index is 11.5. The Morgan fingerprint density at radius 2 is 1.83 bits per heavy atom. The predicted molar refractivity (Wildman–Crippen MR) is 71.1 cm³/mol. The summed E-state index contributed by atoms with van der Waals surface area (Å²) < 4.78 is 0. The van der Waals surface area contributed by atoms with Crippen molar-refractivity contribution < 1.29 is 4.79 Å². The molecular weight excluding hydrogens is 222 g/mol. The van der Waals surface area contributed by atoms with Crippen molar-refractivity contribution in [2.75, 3.05) is 0 Å². The van der Waals surface area contributed by atoms with Crippen molar-refractivity contribution in [1.29, 1.82) is 5.26 Å². The minimum absolute atomic E-state index is 0.178. The Morgan fingerprint density at radius 1 is 1.22 bits per heavy atom. The van der Waals surface area contributed by atoms with E-state index in [2.05, 4.69) is 12.6 Å². The highest BCUT2D eigenvalue weighted by Gasteiger charge is 2.25. The molecule has 0 aliphatic heterocycles. The van der Waals surface area contributed by atoms with Crippen LogP contribution in [0.3, 0.4) is 0 Å². The van der Waals surface area contributed by atoms with Crippen molar-refractivity contribution >= 4 is 5.78 Å². The fourth-order valence-electron chi connectivity index (χ4n) is 2.71. The van der Waals surface area contributed by atoms with Crippen molar-refractivity contribution in [1.82, 2.24) is 0 Å². The van der Waals surface area contributed by atoms with Gasteiger partial charge in [0, 0.05) is 5.92 Å². The van der Waals surface area contributed by atoms with Crippen molar-refractivity contribution in [3.05, 3.63) is 48.0 Å². The zero-order chi connectivity index (χ0) is 13.0. The van der Waals surface area contributed by atoms with Crippen LogP contribution in [0.2, 0.25) is 0 Å². The fourth-order valence-corrected chi connectivity index (χ4v) is 2.71. The lowest BCUT2D eigenvalue weighted by molar-refractivity contribution is -0.119. The number of hydrogen-bond donors (Lipinski definition) is 0. The topological polar surface area (TPSA) is 40.9 Å². The van der Waals surface area contributed by atoms with Crippen LogP contribution in [0, 0.1) is 17.2 Å². The average Bonchev–Trinajstić information content (AvgIpc) is 2.47. The summed E-state index contributed by atoms with van der Waals surface area (Å²) in [5.41, 5.74) is 1.99. The first-order valence-corrected chi connectivity index (χ1v) is 6.41. The summed E-state index contributed by atoms with van der Waals surface area (Å²) in [6.07, 6.45) is 5.46. The van der Waals surface area contributed by atoms with E-state index in [1.165, 1.54) is 11.6 Å². The highest BCUT2D eigenvalue weighted by molar-refractivity contribution is 5.91. The third-order valence-electron chi connectivity index (χ3n) is 3.84. The third kappa shape index (κ3) is 2.68. The van der Waals surface area contributed by atoms with Crippen LogP contribution in [0.1, 0.15) is 42.7 Å². The predicted octanol–water partition coefficient (Wildman–Crippen LogP) is 3.59. The Bertz CT molecular complexity index is 473. The van der Waals surface area contributed by atoms with Crippen LogP contribution in [0.25, 0.3) is 0 Å². The van der Waals surface area contributed by atoms with Crippen LogP contribution >= 0.6 is 0 Å². The lowest BCUT2D eigenvalue weighted by atomic mass is 9.77. The molecule has 18 heavy (non-hydrogen) atoms. The highest BCUT2D eigenvalue weighted by Crippen LogP contribution is 2.36. The molecule has 2 nitrogen and oxygen atoms in total. The van der Waals surface area contributed by atoms with E-state index < -0.39 is 0 Å².